The van der Waals surface area contributed by atoms with Gasteiger partial charge in [-0.15, -0.1) is 0 Å². The molecule has 2 N–H and O–H groups in total. The van der Waals surface area contributed by atoms with Crippen molar-refractivity contribution in [1.29, 1.82) is 0 Å². The molecule has 0 aromatic heterocycles. The molecule has 1 aliphatic rings. The van der Waals surface area contributed by atoms with Crippen molar-refractivity contribution in [2.45, 2.75) is 58.0 Å². The van der Waals surface area contributed by atoms with Crippen LogP contribution >= 0.6 is 0 Å². The minimum Gasteiger partial charge on any atom is -0.481 e. The molecule has 0 unspecified atom stereocenters. The molecule has 0 amide bonds. The third kappa shape index (κ3) is 3.82. The Labute approximate surface area is 91.5 Å². The number of carboxylic acid groups (broad SMARTS) is 1. The van der Waals surface area contributed by atoms with E-state index in [9.17, 15) is 9.90 Å². The minimum absolute atomic E-state index is 0.526. The number of hydrogen-bond donors (Lipinski definition) is 2. The smallest absolute Gasteiger partial charge is 0.309 e. The highest BCUT2D eigenvalue weighted by molar-refractivity contribution is 5.70. The summed E-state index contributed by atoms with van der Waals surface area (Å²) in [5.74, 6) is -0.853. The van der Waals surface area contributed by atoms with E-state index in [1.807, 2.05) is 6.92 Å². The molecule has 0 aliphatic heterocycles. The molecule has 0 saturated heterocycles. The Bertz CT molecular complexity index is 197. The van der Waals surface area contributed by atoms with E-state index in [0.717, 1.165) is 19.3 Å². The third-order valence-corrected chi connectivity index (χ3v) is 3.43. The molecule has 15 heavy (non-hydrogen) atoms. The van der Waals surface area contributed by atoms with Crippen LogP contribution in [0.5, 0.6) is 0 Å². The van der Waals surface area contributed by atoms with Crippen molar-refractivity contribution >= 4 is 5.97 Å². The zero-order valence-electron chi connectivity index (χ0n) is 9.48. The number of hydrogen-bond acceptors (Lipinski definition) is 2. The summed E-state index contributed by atoms with van der Waals surface area (Å²) in [6, 6.07) is 0. The van der Waals surface area contributed by atoms with E-state index in [4.69, 9.17) is 5.11 Å². The largest absolute Gasteiger partial charge is 0.481 e. The standard InChI is InChI=1S/C12H22O3/c1-2-5-11(13)10(12(14)15)8-9-6-3-4-7-9/h9-11,13H,2-8H2,1H3,(H,14,15)/t10-,11+/m1/s1. The first-order chi connectivity index (χ1) is 7.15. The molecule has 1 aliphatic carbocycles. The van der Waals surface area contributed by atoms with E-state index in [2.05, 4.69) is 0 Å². The molecule has 0 bridgehead atoms. The fourth-order valence-electron chi connectivity index (χ4n) is 2.52. The van der Waals surface area contributed by atoms with Gasteiger partial charge in [0, 0.05) is 0 Å². The third-order valence-electron chi connectivity index (χ3n) is 3.43. The van der Waals surface area contributed by atoms with E-state index in [1.54, 1.807) is 0 Å². The summed E-state index contributed by atoms with van der Waals surface area (Å²) in [6.45, 7) is 1.97. The Balaban J connectivity index is 2.45. The first kappa shape index (κ1) is 12.5. The average molecular weight is 214 g/mol. The Hall–Kier alpha value is -0.570. The van der Waals surface area contributed by atoms with Crippen molar-refractivity contribution < 1.29 is 15.0 Å². The summed E-state index contributed by atoms with van der Waals surface area (Å²) >= 11 is 0. The Morgan fingerprint density at radius 2 is 2.00 bits per heavy atom. The molecule has 0 heterocycles. The van der Waals surface area contributed by atoms with Gasteiger partial charge in [0.1, 0.15) is 0 Å². The lowest BCUT2D eigenvalue weighted by molar-refractivity contribution is -0.146. The van der Waals surface area contributed by atoms with Crippen molar-refractivity contribution in [2.75, 3.05) is 0 Å². The second-order valence-electron chi connectivity index (χ2n) is 4.69. The number of aliphatic hydroxyl groups excluding tert-OH is 1. The van der Waals surface area contributed by atoms with Crippen molar-refractivity contribution in [3.63, 3.8) is 0 Å². The van der Waals surface area contributed by atoms with Crippen LogP contribution in [0.3, 0.4) is 0 Å². The topological polar surface area (TPSA) is 57.5 Å². The molecular weight excluding hydrogens is 192 g/mol. The van der Waals surface area contributed by atoms with Crippen LogP contribution in [-0.2, 0) is 4.79 Å². The quantitative estimate of drug-likeness (QED) is 0.714. The van der Waals surface area contributed by atoms with E-state index in [1.165, 1.54) is 12.8 Å². The van der Waals surface area contributed by atoms with Gasteiger partial charge in [-0.05, 0) is 18.8 Å². The zero-order valence-corrected chi connectivity index (χ0v) is 9.48. The average Bonchev–Trinajstić information content (AvgIpc) is 2.66. The van der Waals surface area contributed by atoms with Gasteiger partial charge in [-0.25, -0.2) is 0 Å². The maximum absolute atomic E-state index is 11.0. The molecule has 0 aromatic carbocycles. The minimum atomic E-state index is -0.831. The van der Waals surface area contributed by atoms with Crippen LogP contribution < -0.4 is 0 Å². The lowest BCUT2D eigenvalue weighted by atomic mass is 9.88. The van der Waals surface area contributed by atoms with E-state index in [-0.39, 0.29) is 0 Å². The Morgan fingerprint density at radius 3 is 2.47 bits per heavy atom. The predicted octanol–water partition coefficient (Wildman–Crippen LogP) is 2.43. The second-order valence-corrected chi connectivity index (χ2v) is 4.69. The summed E-state index contributed by atoms with van der Waals surface area (Å²) in [4.78, 5) is 11.0. The van der Waals surface area contributed by atoms with Gasteiger partial charge in [0.25, 0.3) is 0 Å². The number of rotatable bonds is 6. The number of aliphatic carboxylic acids is 1. The van der Waals surface area contributed by atoms with Gasteiger partial charge in [0.05, 0.1) is 12.0 Å². The number of carbonyl (C=O) groups is 1. The number of aliphatic hydroxyl groups is 1. The van der Waals surface area contributed by atoms with Crippen LogP contribution in [0.4, 0.5) is 0 Å². The van der Waals surface area contributed by atoms with Crippen LogP contribution in [-0.4, -0.2) is 22.3 Å². The van der Waals surface area contributed by atoms with Gasteiger partial charge in [-0.3, -0.25) is 4.79 Å². The van der Waals surface area contributed by atoms with E-state index in [0.29, 0.717) is 18.8 Å². The highest BCUT2D eigenvalue weighted by atomic mass is 16.4. The van der Waals surface area contributed by atoms with Crippen LogP contribution in [0.1, 0.15) is 51.9 Å². The molecule has 0 spiro atoms. The van der Waals surface area contributed by atoms with Crippen LogP contribution in [0.2, 0.25) is 0 Å². The van der Waals surface area contributed by atoms with Gasteiger partial charge in [0.15, 0.2) is 0 Å². The highest BCUT2D eigenvalue weighted by Crippen LogP contribution is 2.32. The summed E-state index contributed by atoms with van der Waals surface area (Å²) in [5.41, 5.74) is 0. The van der Waals surface area contributed by atoms with Gasteiger partial charge in [-0.1, -0.05) is 39.0 Å². The first-order valence-corrected chi connectivity index (χ1v) is 6.06. The molecule has 1 saturated carbocycles. The van der Waals surface area contributed by atoms with Crippen molar-refractivity contribution in [3.8, 4) is 0 Å². The molecule has 1 fully saturated rings. The molecule has 3 heteroatoms. The fraction of sp³-hybridized carbons (Fsp3) is 0.917. The fourth-order valence-corrected chi connectivity index (χ4v) is 2.52. The first-order valence-electron chi connectivity index (χ1n) is 6.06. The lowest BCUT2D eigenvalue weighted by Gasteiger charge is -2.21. The molecule has 88 valence electrons. The Morgan fingerprint density at radius 1 is 1.40 bits per heavy atom. The lowest BCUT2D eigenvalue weighted by Crippen LogP contribution is -2.29. The molecule has 2 atom stereocenters. The Kier molecular flexibility index (Phi) is 5.09. The molecule has 0 aromatic rings. The second kappa shape index (κ2) is 6.11. The molecule has 1 rings (SSSR count). The number of carboxylic acids is 1. The summed E-state index contributed by atoms with van der Waals surface area (Å²) in [7, 11) is 0. The van der Waals surface area contributed by atoms with Gasteiger partial charge < -0.3 is 10.2 Å². The maximum atomic E-state index is 11.0. The molecular formula is C12H22O3. The van der Waals surface area contributed by atoms with Gasteiger partial charge in [-0.2, -0.15) is 0 Å². The highest BCUT2D eigenvalue weighted by Gasteiger charge is 2.29. The zero-order chi connectivity index (χ0) is 11.3. The molecule has 0 radical (unpaired) electrons. The normalized spacial score (nSPS) is 21.5. The SMILES string of the molecule is CCC[C@H](O)[C@@H](CC1CCCC1)C(=O)O. The van der Waals surface area contributed by atoms with Crippen LogP contribution in [0.15, 0.2) is 0 Å². The molecule has 3 nitrogen and oxygen atoms in total. The van der Waals surface area contributed by atoms with Crippen molar-refractivity contribution in [1.82, 2.24) is 0 Å². The maximum Gasteiger partial charge on any atom is 0.309 e. The van der Waals surface area contributed by atoms with E-state index >= 15 is 0 Å². The van der Waals surface area contributed by atoms with Crippen molar-refractivity contribution in [3.05, 3.63) is 0 Å². The monoisotopic (exact) mass is 214 g/mol. The van der Waals surface area contributed by atoms with Gasteiger partial charge in [0.2, 0.25) is 0 Å². The van der Waals surface area contributed by atoms with Crippen molar-refractivity contribution in [2.24, 2.45) is 11.8 Å². The van der Waals surface area contributed by atoms with Crippen LogP contribution in [0.25, 0.3) is 0 Å². The summed E-state index contributed by atoms with van der Waals surface area (Å²) in [6.07, 6.45) is 6.18. The van der Waals surface area contributed by atoms with E-state index < -0.39 is 18.0 Å². The summed E-state index contributed by atoms with van der Waals surface area (Å²) < 4.78 is 0. The van der Waals surface area contributed by atoms with Gasteiger partial charge >= 0.3 is 5.97 Å². The van der Waals surface area contributed by atoms with Crippen LogP contribution in [0, 0.1) is 11.8 Å². The predicted molar refractivity (Wildman–Crippen MR) is 58.6 cm³/mol. The summed E-state index contributed by atoms with van der Waals surface area (Å²) in [5, 5.41) is 18.8.